The third-order valence-corrected chi connectivity index (χ3v) is 3.34. The Bertz CT molecular complexity index is 444. The molecule has 0 bridgehead atoms. The Morgan fingerprint density at radius 2 is 1.94 bits per heavy atom. The van der Waals surface area contributed by atoms with Crippen LogP contribution in [0.1, 0.15) is 10.4 Å². The minimum atomic E-state index is -0.964. The molecule has 0 aliphatic carbocycles. The standard InChI is InChI=1S/C11H11BrFNO3/c12-7-3-1-2-6(10(7)13)11(17)14-4-8(15)9(16)5-14/h1-3,8-9,15-16H,4-5H2/t8-,9+. The summed E-state index contributed by atoms with van der Waals surface area (Å²) in [6, 6.07) is 4.43. The number of amides is 1. The zero-order valence-electron chi connectivity index (χ0n) is 8.81. The third-order valence-electron chi connectivity index (χ3n) is 2.73. The Morgan fingerprint density at radius 1 is 1.35 bits per heavy atom. The molecule has 1 fully saturated rings. The van der Waals surface area contributed by atoms with Crippen molar-refractivity contribution >= 4 is 21.8 Å². The fourth-order valence-electron chi connectivity index (χ4n) is 1.77. The van der Waals surface area contributed by atoms with Crippen LogP contribution >= 0.6 is 15.9 Å². The lowest BCUT2D eigenvalue weighted by molar-refractivity contribution is 0.0572. The maximum atomic E-state index is 13.7. The van der Waals surface area contributed by atoms with E-state index in [0.29, 0.717) is 0 Å². The van der Waals surface area contributed by atoms with Crippen LogP contribution in [0.3, 0.4) is 0 Å². The monoisotopic (exact) mass is 303 g/mol. The third kappa shape index (κ3) is 2.34. The molecule has 0 saturated carbocycles. The van der Waals surface area contributed by atoms with Crippen molar-refractivity contribution in [3.63, 3.8) is 0 Å². The predicted octanol–water partition coefficient (Wildman–Crippen LogP) is 0.766. The van der Waals surface area contributed by atoms with Gasteiger partial charge in [0.25, 0.3) is 5.91 Å². The number of β-amino-alcohol motifs (C(OH)–C–C–N with tert-alkyl or cyclic N) is 2. The molecule has 0 aromatic heterocycles. The lowest BCUT2D eigenvalue weighted by atomic mass is 10.2. The number of benzene rings is 1. The number of carbonyl (C=O) groups excluding carboxylic acids is 1. The molecule has 2 atom stereocenters. The molecule has 1 aliphatic rings. The molecular formula is C11H11BrFNO3. The number of aliphatic hydroxyl groups excluding tert-OH is 2. The van der Waals surface area contributed by atoms with E-state index in [2.05, 4.69) is 15.9 Å². The van der Waals surface area contributed by atoms with E-state index in [1.54, 1.807) is 6.07 Å². The van der Waals surface area contributed by atoms with E-state index in [1.807, 2.05) is 0 Å². The summed E-state index contributed by atoms with van der Waals surface area (Å²) in [6.45, 7) is 0.0396. The largest absolute Gasteiger partial charge is 0.388 e. The van der Waals surface area contributed by atoms with E-state index < -0.39 is 23.9 Å². The second kappa shape index (κ2) is 4.72. The van der Waals surface area contributed by atoms with Crippen LogP contribution in [0.4, 0.5) is 4.39 Å². The number of nitrogens with zero attached hydrogens (tertiary/aromatic N) is 1. The first-order chi connectivity index (χ1) is 8.00. The fraction of sp³-hybridized carbons (Fsp3) is 0.364. The molecule has 0 unspecified atom stereocenters. The fourth-order valence-corrected chi connectivity index (χ4v) is 2.14. The highest BCUT2D eigenvalue weighted by Gasteiger charge is 2.33. The number of rotatable bonds is 1. The molecule has 92 valence electrons. The topological polar surface area (TPSA) is 60.8 Å². The Kier molecular flexibility index (Phi) is 3.46. The normalized spacial score (nSPS) is 24.1. The zero-order chi connectivity index (χ0) is 12.6. The van der Waals surface area contributed by atoms with Crippen LogP contribution in [0.25, 0.3) is 0 Å². The number of aliphatic hydroxyl groups is 2. The lowest BCUT2D eigenvalue weighted by Crippen LogP contribution is -2.30. The maximum absolute atomic E-state index is 13.7. The first kappa shape index (κ1) is 12.5. The average molecular weight is 304 g/mol. The van der Waals surface area contributed by atoms with Gasteiger partial charge in [-0.05, 0) is 28.1 Å². The van der Waals surface area contributed by atoms with Crippen molar-refractivity contribution in [2.24, 2.45) is 0 Å². The van der Waals surface area contributed by atoms with Gasteiger partial charge in [-0.2, -0.15) is 0 Å². The highest BCUT2D eigenvalue weighted by Crippen LogP contribution is 2.21. The first-order valence-corrected chi connectivity index (χ1v) is 5.89. The lowest BCUT2D eigenvalue weighted by Gasteiger charge is -2.15. The number of likely N-dealkylation sites (tertiary alicyclic amines) is 1. The van der Waals surface area contributed by atoms with Gasteiger partial charge in [0.15, 0.2) is 0 Å². The van der Waals surface area contributed by atoms with E-state index in [0.717, 1.165) is 0 Å². The van der Waals surface area contributed by atoms with Gasteiger partial charge in [0.05, 0.1) is 22.2 Å². The van der Waals surface area contributed by atoms with Gasteiger partial charge in [-0.25, -0.2) is 4.39 Å². The van der Waals surface area contributed by atoms with Crippen molar-refractivity contribution in [2.75, 3.05) is 13.1 Å². The molecule has 2 N–H and O–H groups in total. The molecule has 0 radical (unpaired) electrons. The summed E-state index contributed by atoms with van der Waals surface area (Å²) in [5.74, 6) is -1.16. The van der Waals surface area contributed by atoms with E-state index in [-0.39, 0.29) is 23.1 Å². The SMILES string of the molecule is O=C(c1cccc(Br)c1F)N1C[C@@H](O)[C@@H](O)C1. The van der Waals surface area contributed by atoms with Gasteiger partial charge in [0.1, 0.15) is 5.82 Å². The van der Waals surface area contributed by atoms with Gasteiger partial charge in [-0.15, -0.1) is 0 Å². The molecule has 1 aromatic carbocycles. The zero-order valence-corrected chi connectivity index (χ0v) is 10.4. The van der Waals surface area contributed by atoms with E-state index in [9.17, 15) is 19.4 Å². The summed E-state index contributed by atoms with van der Waals surface area (Å²) in [5.41, 5.74) is -0.0688. The summed E-state index contributed by atoms with van der Waals surface area (Å²) in [6.07, 6.45) is -1.93. The molecule has 2 rings (SSSR count). The van der Waals surface area contributed by atoms with Gasteiger partial charge in [0, 0.05) is 13.1 Å². The van der Waals surface area contributed by atoms with Crippen LogP contribution in [0.15, 0.2) is 22.7 Å². The van der Waals surface area contributed by atoms with Crippen LogP contribution in [0.5, 0.6) is 0 Å². The molecule has 17 heavy (non-hydrogen) atoms. The summed E-state index contributed by atoms with van der Waals surface area (Å²) in [4.78, 5) is 13.2. The van der Waals surface area contributed by atoms with Gasteiger partial charge in [-0.1, -0.05) is 6.07 Å². The number of halogens is 2. The predicted molar refractivity (Wildman–Crippen MR) is 62.0 cm³/mol. The van der Waals surface area contributed by atoms with Crippen LogP contribution in [-0.2, 0) is 0 Å². The molecular weight excluding hydrogens is 293 g/mol. The molecule has 6 heteroatoms. The minimum absolute atomic E-state index is 0.0198. The van der Waals surface area contributed by atoms with Gasteiger partial charge >= 0.3 is 0 Å². The average Bonchev–Trinajstić information content (AvgIpc) is 2.62. The smallest absolute Gasteiger partial charge is 0.257 e. The molecule has 1 aliphatic heterocycles. The molecule has 1 heterocycles. The van der Waals surface area contributed by atoms with Gasteiger partial charge < -0.3 is 15.1 Å². The number of hydrogen-bond acceptors (Lipinski definition) is 3. The van der Waals surface area contributed by atoms with E-state index in [4.69, 9.17) is 0 Å². The summed E-state index contributed by atoms with van der Waals surface area (Å²) < 4.78 is 13.9. The molecule has 1 aromatic rings. The van der Waals surface area contributed by atoms with Crippen molar-refractivity contribution in [1.29, 1.82) is 0 Å². The summed E-state index contributed by atoms with van der Waals surface area (Å²) in [5, 5.41) is 18.7. The van der Waals surface area contributed by atoms with Crippen molar-refractivity contribution in [3.8, 4) is 0 Å². The van der Waals surface area contributed by atoms with Crippen molar-refractivity contribution < 1.29 is 19.4 Å². The number of hydrogen-bond donors (Lipinski definition) is 2. The van der Waals surface area contributed by atoms with Crippen LogP contribution < -0.4 is 0 Å². The van der Waals surface area contributed by atoms with Gasteiger partial charge in [0.2, 0.25) is 0 Å². The van der Waals surface area contributed by atoms with Gasteiger partial charge in [-0.3, -0.25) is 4.79 Å². The minimum Gasteiger partial charge on any atom is -0.388 e. The van der Waals surface area contributed by atoms with E-state index in [1.165, 1.54) is 17.0 Å². The molecule has 0 spiro atoms. The second-order valence-electron chi connectivity index (χ2n) is 3.95. The molecule has 1 saturated heterocycles. The van der Waals surface area contributed by atoms with Crippen molar-refractivity contribution in [1.82, 2.24) is 4.90 Å². The molecule has 1 amide bonds. The van der Waals surface area contributed by atoms with Crippen LogP contribution in [0, 0.1) is 5.82 Å². The van der Waals surface area contributed by atoms with Crippen molar-refractivity contribution in [3.05, 3.63) is 34.1 Å². The Labute approximate surface area is 106 Å². The summed E-state index contributed by atoms with van der Waals surface area (Å²) in [7, 11) is 0. The van der Waals surface area contributed by atoms with Crippen LogP contribution in [-0.4, -0.2) is 46.3 Å². The highest BCUT2D eigenvalue weighted by molar-refractivity contribution is 9.10. The Morgan fingerprint density at radius 3 is 2.53 bits per heavy atom. The summed E-state index contributed by atoms with van der Waals surface area (Å²) >= 11 is 3.00. The highest BCUT2D eigenvalue weighted by atomic mass is 79.9. The van der Waals surface area contributed by atoms with Crippen LogP contribution in [0.2, 0.25) is 0 Å². The quantitative estimate of drug-likeness (QED) is 0.805. The first-order valence-electron chi connectivity index (χ1n) is 5.10. The maximum Gasteiger partial charge on any atom is 0.257 e. The second-order valence-corrected chi connectivity index (χ2v) is 4.80. The number of carbonyl (C=O) groups is 1. The Balaban J connectivity index is 2.24. The van der Waals surface area contributed by atoms with E-state index >= 15 is 0 Å². The Hall–Kier alpha value is -0.980. The molecule has 4 nitrogen and oxygen atoms in total. The van der Waals surface area contributed by atoms with Crippen molar-refractivity contribution in [2.45, 2.75) is 12.2 Å².